The van der Waals surface area contributed by atoms with Gasteiger partial charge in [-0.15, -0.1) is 11.8 Å². The van der Waals surface area contributed by atoms with Crippen LogP contribution < -0.4 is 16.0 Å². The maximum atomic E-state index is 12.8. The van der Waals surface area contributed by atoms with E-state index in [0.717, 1.165) is 4.90 Å². The number of rotatable bonds is 6. The standard InChI is InChI=1S/C20H31N3O2S/c1-13(2)11-15-18(24)22-16(12-26-14-9-7-6-8-10-14)17(21-15)19(25)23-20(3,4)5/h6-10,13,15-17,21H,11-12H2,1-5H3,(H,22,24)(H,23,25)/t15-,16-,17-/m0/s1. The summed E-state index contributed by atoms with van der Waals surface area (Å²) in [6.07, 6.45) is 0.712. The molecule has 1 saturated heterocycles. The van der Waals surface area contributed by atoms with Crippen molar-refractivity contribution in [1.82, 2.24) is 16.0 Å². The maximum Gasteiger partial charge on any atom is 0.239 e. The quantitative estimate of drug-likeness (QED) is 0.667. The lowest BCUT2D eigenvalue weighted by atomic mass is 9.96. The van der Waals surface area contributed by atoms with Crippen LogP contribution in [0.15, 0.2) is 35.2 Å². The van der Waals surface area contributed by atoms with Gasteiger partial charge in [-0.1, -0.05) is 32.0 Å². The molecule has 3 N–H and O–H groups in total. The molecule has 3 atom stereocenters. The third-order valence-electron chi connectivity index (χ3n) is 4.09. The number of piperazine rings is 1. The van der Waals surface area contributed by atoms with Crippen molar-refractivity contribution >= 4 is 23.6 Å². The highest BCUT2D eigenvalue weighted by Gasteiger charge is 2.39. The number of carbonyl (C=O) groups is 2. The maximum absolute atomic E-state index is 12.8. The SMILES string of the molecule is CC(C)C[C@@H]1N[C@H](C(=O)NC(C)(C)C)[C@H](CSc2ccccc2)NC1=O. The van der Waals surface area contributed by atoms with E-state index < -0.39 is 6.04 Å². The normalized spacial score (nSPS) is 23.6. The van der Waals surface area contributed by atoms with Crippen molar-refractivity contribution in [2.75, 3.05) is 5.75 Å². The first-order valence-electron chi connectivity index (χ1n) is 9.22. The van der Waals surface area contributed by atoms with Gasteiger partial charge in [-0.25, -0.2) is 0 Å². The number of nitrogens with one attached hydrogen (secondary N) is 3. The van der Waals surface area contributed by atoms with Crippen LogP contribution in [0.1, 0.15) is 41.0 Å². The Kier molecular flexibility index (Phi) is 7.12. The second kappa shape index (κ2) is 8.91. The Morgan fingerprint density at radius 1 is 1.23 bits per heavy atom. The predicted molar refractivity (Wildman–Crippen MR) is 107 cm³/mol. The molecular formula is C20H31N3O2S. The van der Waals surface area contributed by atoms with Crippen LogP contribution in [0.4, 0.5) is 0 Å². The highest BCUT2D eigenvalue weighted by atomic mass is 32.2. The average Bonchev–Trinajstić information content (AvgIpc) is 2.54. The van der Waals surface area contributed by atoms with Gasteiger partial charge in [-0.2, -0.15) is 0 Å². The van der Waals surface area contributed by atoms with Crippen LogP contribution in [0.3, 0.4) is 0 Å². The number of benzene rings is 1. The average molecular weight is 378 g/mol. The smallest absolute Gasteiger partial charge is 0.239 e. The highest BCUT2D eigenvalue weighted by Crippen LogP contribution is 2.21. The van der Waals surface area contributed by atoms with Crippen molar-refractivity contribution in [2.24, 2.45) is 5.92 Å². The van der Waals surface area contributed by atoms with Crippen LogP contribution >= 0.6 is 11.8 Å². The van der Waals surface area contributed by atoms with Crippen molar-refractivity contribution < 1.29 is 9.59 Å². The summed E-state index contributed by atoms with van der Waals surface area (Å²) in [5.41, 5.74) is -0.315. The molecular weight excluding hydrogens is 346 g/mol. The summed E-state index contributed by atoms with van der Waals surface area (Å²) in [6.45, 7) is 10.1. The van der Waals surface area contributed by atoms with E-state index in [1.165, 1.54) is 0 Å². The molecule has 0 spiro atoms. The lowest BCUT2D eigenvalue weighted by Gasteiger charge is -2.38. The summed E-state index contributed by atoms with van der Waals surface area (Å²) >= 11 is 1.65. The zero-order chi connectivity index (χ0) is 19.3. The molecule has 1 aliphatic heterocycles. The summed E-state index contributed by atoms with van der Waals surface area (Å²) in [4.78, 5) is 26.5. The van der Waals surface area contributed by atoms with E-state index in [0.29, 0.717) is 18.1 Å². The van der Waals surface area contributed by atoms with Crippen molar-refractivity contribution in [2.45, 2.75) is 69.6 Å². The van der Waals surface area contributed by atoms with Gasteiger partial charge in [0.05, 0.1) is 12.1 Å². The van der Waals surface area contributed by atoms with E-state index in [9.17, 15) is 9.59 Å². The Labute approximate surface area is 161 Å². The molecule has 1 aromatic carbocycles. The zero-order valence-corrected chi connectivity index (χ0v) is 17.2. The van der Waals surface area contributed by atoms with Gasteiger partial charge < -0.3 is 10.6 Å². The molecule has 2 amide bonds. The Morgan fingerprint density at radius 3 is 2.46 bits per heavy atom. The minimum atomic E-state index is -0.438. The molecule has 0 aliphatic carbocycles. The number of hydrogen-bond donors (Lipinski definition) is 3. The highest BCUT2D eigenvalue weighted by molar-refractivity contribution is 7.99. The van der Waals surface area contributed by atoms with Crippen LogP contribution in [0.5, 0.6) is 0 Å². The van der Waals surface area contributed by atoms with Crippen LogP contribution in [-0.4, -0.2) is 41.2 Å². The van der Waals surface area contributed by atoms with Gasteiger partial charge in [0.1, 0.15) is 6.04 Å². The molecule has 144 valence electrons. The third-order valence-corrected chi connectivity index (χ3v) is 5.22. The fourth-order valence-corrected chi connectivity index (χ4v) is 3.97. The molecule has 6 heteroatoms. The molecule has 0 bridgehead atoms. The molecule has 0 unspecified atom stereocenters. The van der Waals surface area contributed by atoms with Gasteiger partial charge in [0, 0.05) is 16.2 Å². The molecule has 26 heavy (non-hydrogen) atoms. The molecule has 0 radical (unpaired) electrons. The van der Waals surface area contributed by atoms with Crippen molar-refractivity contribution in [3.8, 4) is 0 Å². The van der Waals surface area contributed by atoms with Gasteiger partial charge >= 0.3 is 0 Å². The Morgan fingerprint density at radius 2 is 1.88 bits per heavy atom. The summed E-state index contributed by atoms with van der Waals surface area (Å²) in [5, 5.41) is 9.43. The van der Waals surface area contributed by atoms with Crippen LogP contribution in [0.2, 0.25) is 0 Å². The van der Waals surface area contributed by atoms with Crippen molar-refractivity contribution in [3.05, 3.63) is 30.3 Å². The first-order valence-corrected chi connectivity index (χ1v) is 10.2. The molecule has 2 rings (SSSR count). The Balaban J connectivity index is 2.11. The van der Waals surface area contributed by atoms with Crippen LogP contribution in [0.25, 0.3) is 0 Å². The van der Waals surface area contributed by atoms with Gasteiger partial charge in [0.2, 0.25) is 11.8 Å². The molecule has 1 aromatic rings. The minimum Gasteiger partial charge on any atom is -0.350 e. The third kappa shape index (κ3) is 6.32. The van der Waals surface area contributed by atoms with Gasteiger partial charge in [0.15, 0.2) is 0 Å². The first-order chi connectivity index (χ1) is 12.2. The second-order valence-corrected chi connectivity index (χ2v) is 9.40. The van der Waals surface area contributed by atoms with Crippen LogP contribution in [-0.2, 0) is 9.59 Å². The first kappa shape index (κ1) is 20.8. The van der Waals surface area contributed by atoms with E-state index in [4.69, 9.17) is 0 Å². The number of carbonyl (C=O) groups excluding carboxylic acids is 2. The van der Waals surface area contributed by atoms with Gasteiger partial charge in [-0.05, 0) is 45.2 Å². The van der Waals surface area contributed by atoms with Gasteiger partial charge in [-0.3, -0.25) is 14.9 Å². The molecule has 1 aliphatic rings. The van der Waals surface area contributed by atoms with Crippen molar-refractivity contribution in [1.29, 1.82) is 0 Å². The van der Waals surface area contributed by atoms with Gasteiger partial charge in [0.25, 0.3) is 0 Å². The van der Waals surface area contributed by atoms with E-state index in [2.05, 4.69) is 29.8 Å². The summed E-state index contributed by atoms with van der Waals surface area (Å²) < 4.78 is 0. The summed E-state index contributed by atoms with van der Waals surface area (Å²) in [7, 11) is 0. The lowest BCUT2D eigenvalue weighted by Crippen LogP contribution is -2.69. The van der Waals surface area contributed by atoms with E-state index >= 15 is 0 Å². The van der Waals surface area contributed by atoms with Crippen molar-refractivity contribution in [3.63, 3.8) is 0 Å². The van der Waals surface area contributed by atoms with E-state index in [1.54, 1.807) is 11.8 Å². The topological polar surface area (TPSA) is 70.2 Å². The number of amides is 2. The minimum absolute atomic E-state index is 0.0165. The van der Waals surface area contributed by atoms with E-state index in [1.807, 2.05) is 51.1 Å². The lowest BCUT2D eigenvalue weighted by molar-refractivity contribution is -0.131. The molecule has 0 aromatic heterocycles. The largest absolute Gasteiger partial charge is 0.350 e. The predicted octanol–water partition coefficient (Wildman–Crippen LogP) is 2.56. The molecule has 1 heterocycles. The number of thioether (sulfide) groups is 1. The Bertz CT molecular complexity index is 613. The monoisotopic (exact) mass is 377 g/mol. The fraction of sp³-hybridized carbons (Fsp3) is 0.600. The summed E-state index contributed by atoms with van der Waals surface area (Å²) in [6, 6.07) is 9.01. The summed E-state index contributed by atoms with van der Waals surface area (Å²) in [5.74, 6) is 0.932. The molecule has 0 saturated carbocycles. The zero-order valence-electron chi connectivity index (χ0n) is 16.3. The molecule has 1 fully saturated rings. The second-order valence-electron chi connectivity index (χ2n) is 8.30. The fourth-order valence-electron chi connectivity index (χ4n) is 2.97. The number of hydrogen-bond acceptors (Lipinski definition) is 4. The molecule has 5 nitrogen and oxygen atoms in total. The van der Waals surface area contributed by atoms with Crippen LogP contribution in [0, 0.1) is 5.92 Å². The van der Waals surface area contributed by atoms with E-state index in [-0.39, 0.29) is 29.4 Å². The Hall–Kier alpha value is -1.53.